The van der Waals surface area contributed by atoms with E-state index < -0.39 is 12.1 Å². The summed E-state index contributed by atoms with van der Waals surface area (Å²) in [5.74, 6) is -0.333. The number of aromatic nitrogens is 2. The van der Waals surface area contributed by atoms with Crippen LogP contribution < -0.4 is 5.32 Å². The third-order valence-electron chi connectivity index (χ3n) is 5.29. The van der Waals surface area contributed by atoms with Crippen LogP contribution in [0.25, 0.3) is 5.69 Å². The summed E-state index contributed by atoms with van der Waals surface area (Å²) in [6.07, 6.45) is 5.64. The Hall–Kier alpha value is -2.63. The molecule has 0 saturated heterocycles. The maximum Gasteiger partial charge on any atom is 0.357 e. The van der Waals surface area contributed by atoms with Gasteiger partial charge in [0.2, 0.25) is 0 Å². The molecule has 6 nitrogen and oxygen atoms in total. The van der Waals surface area contributed by atoms with Gasteiger partial charge in [-0.25, -0.2) is 9.48 Å². The van der Waals surface area contributed by atoms with E-state index in [1.165, 1.54) is 0 Å². The minimum atomic E-state index is -0.832. The van der Waals surface area contributed by atoms with Crippen molar-refractivity contribution in [2.45, 2.75) is 63.5 Å². The number of amides is 1. The molecular formula is C21H25N3O3. The number of esters is 1. The van der Waals surface area contributed by atoms with Crippen LogP contribution in [-0.4, -0.2) is 33.8 Å². The first kappa shape index (κ1) is 17.8. The van der Waals surface area contributed by atoms with Gasteiger partial charge in [-0.3, -0.25) is 4.79 Å². The molecule has 2 aromatic rings. The Morgan fingerprint density at radius 3 is 2.52 bits per heavy atom. The van der Waals surface area contributed by atoms with E-state index in [4.69, 9.17) is 4.74 Å². The number of rotatable bonds is 6. The molecule has 1 N–H and O–H groups in total. The van der Waals surface area contributed by atoms with Gasteiger partial charge in [-0.1, -0.05) is 31.0 Å². The van der Waals surface area contributed by atoms with Gasteiger partial charge in [0.25, 0.3) is 5.91 Å². The molecule has 0 bridgehead atoms. The topological polar surface area (TPSA) is 73.2 Å². The monoisotopic (exact) mass is 367 g/mol. The Morgan fingerprint density at radius 1 is 1.15 bits per heavy atom. The first-order valence-corrected chi connectivity index (χ1v) is 9.78. The normalized spacial score (nSPS) is 18.3. The number of benzene rings is 1. The lowest BCUT2D eigenvalue weighted by Crippen LogP contribution is -2.41. The van der Waals surface area contributed by atoms with Crippen LogP contribution in [0.4, 0.5) is 0 Å². The third-order valence-corrected chi connectivity index (χ3v) is 5.29. The molecule has 2 saturated carbocycles. The van der Waals surface area contributed by atoms with E-state index in [0.29, 0.717) is 11.6 Å². The van der Waals surface area contributed by atoms with Crippen molar-refractivity contribution in [2.24, 2.45) is 0 Å². The second-order valence-corrected chi connectivity index (χ2v) is 7.51. The molecular weight excluding hydrogens is 342 g/mol. The predicted octanol–water partition coefficient (Wildman–Crippen LogP) is 3.35. The van der Waals surface area contributed by atoms with E-state index in [9.17, 15) is 9.59 Å². The molecule has 27 heavy (non-hydrogen) atoms. The van der Waals surface area contributed by atoms with Crippen LogP contribution >= 0.6 is 0 Å². The van der Waals surface area contributed by atoms with E-state index in [1.54, 1.807) is 17.7 Å². The van der Waals surface area contributed by atoms with Gasteiger partial charge in [-0.05, 0) is 50.8 Å². The highest BCUT2D eigenvalue weighted by Gasteiger charge is 2.31. The van der Waals surface area contributed by atoms with Crippen LogP contribution in [0.2, 0.25) is 0 Å². The summed E-state index contributed by atoms with van der Waals surface area (Å²) in [6, 6.07) is 11.5. The van der Waals surface area contributed by atoms with Gasteiger partial charge in [0.15, 0.2) is 11.8 Å². The van der Waals surface area contributed by atoms with E-state index in [-0.39, 0.29) is 11.9 Å². The quantitative estimate of drug-likeness (QED) is 0.795. The van der Waals surface area contributed by atoms with Gasteiger partial charge < -0.3 is 10.1 Å². The molecule has 0 spiro atoms. The number of hydrogen-bond acceptors (Lipinski definition) is 4. The van der Waals surface area contributed by atoms with Crippen molar-refractivity contribution in [3.05, 3.63) is 47.8 Å². The van der Waals surface area contributed by atoms with Crippen LogP contribution in [0.1, 0.15) is 67.5 Å². The third kappa shape index (κ3) is 4.04. The Kier molecular flexibility index (Phi) is 4.97. The number of ether oxygens (including phenoxy) is 1. The lowest BCUT2D eigenvalue weighted by molar-refractivity contribution is -0.129. The molecule has 0 aliphatic heterocycles. The second kappa shape index (κ2) is 7.55. The molecule has 1 aromatic carbocycles. The number of carbonyl (C=O) groups excluding carboxylic acids is 2. The number of para-hydroxylation sites is 1. The zero-order valence-corrected chi connectivity index (χ0v) is 15.6. The second-order valence-electron chi connectivity index (χ2n) is 7.51. The summed E-state index contributed by atoms with van der Waals surface area (Å²) < 4.78 is 7.09. The van der Waals surface area contributed by atoms with E-state index in [1.807, 2.05) is 30.3 Å². The van der Waals surface area contributed by atoms with Gasteiger partial charge in [0.05, 0.1) is 11.4 Å². The van der Waals surface area contributed by atoms with Crippen molar-refractivity contribution in [3.8, 4) is 5.69 Å². The fourth-order valence-electron chi connectivity index (χ4n) is 3.55. The van der Waals surface area contributed by atoms with Crippen LogP contribution in [0, 0.1) is 0 Å². The number of nitrogens with zero attached hydrogens (tertiary/aromatic N) is 2. The fraction of sp³-hybridized carbons (Fsp3) is 0.476. The molecule has 1 atom stereocenters. The Labute approximate surface area is 158 Å². The average molecular weight is 367 g/mol. The van der Waals surface area contributed by atoms with Crippen LogP contribution in [-0.2, 0) is 9.53 Å². The highest BCUT2D eigenvalue weighted by molar-refractivity contribution is 5.91. The Balaban J connectivity index is 1.49. The fourth-order valence-corrected chi connectivity index (χ4v) is 3.55. The zero-order chi connectivity index (χ0) is 18.8. The Bertz CT molecular complexity index is 820. The maximum atomic E-state index is 12.8. The Morgan fingerprint density at radius 2 is 1.85 bits per heavy atom. The summed E-state index contributed by atoms with van der Waals surface area (Å²) >= 11 is 0. The van der Waals surface area contributed by atoms with Crippen LogP contribution in [0.5, 0.6) is 0 Å². The van der Waals surface area contributed by atoms with Crippen LogP contribution in [0.3, 0.4) is 0 Å². The van der Waals surface area contributed by atoms with Crippen molar-refractivity contribution in [3.63, 3.8) is 0 Å². The van der Waals surface area contributed by atoms with Gasteiger partial charge in [-0.2, -0.15) is 5.10 Å². The molecule has 2 aliphatic carbocycles. The van der Waals surface area contributed by atoms with E-state index >= 15 is 0 Å². The molecule has 1 aromatic heterocycles. The molecule has 4 rings (SSSR count). The standard InChI is InChI=1S/C21H25N3O3/c1-14(20(25)22-16-7-5-6-8-16)27-21(26)19-13-18(15-11-12-15)23-24(19)17-9-3-2-4-10-17/h2-4,9-10,13-16H,5-8,11-12H2,1H3,(H,22,25)/t14-/m1/s1. The largest absolute Gasteiger partial charge is 0.448 e. The molecule has 1 heterocycles. The van der Waals surface area contributed by atoms with Crippen molar-refractivity contribution >= 4 is 11.9 Å². The molecule has 2 aliphatic rings. The molecule has 2 fully saturated rings. The number of carbonyl (C=O) groups is 2. The van der Waals surface area contributed by atoms with E-state index in [0.717, 1.165) is 49.9 Å². The van der Waals surface area contributed by atoms with Gasteiger partial charge in [0, 0.05) is 12.0 Å². The SMILES string of the molecule is C[C@@H](OC(=O)c1cc(C2CC2)nn1-c1ccccc1)C(=O)NC1CCCC1. The smallest absolute Gasteiger partial charge is 0.357 e. The minimum Gasteiger partial charge on any atom is -0.448 e. The van der Waals surface area contributed by atoms with Gasteiger partial charge >= 0.3 is 5.97 Å². The van der Waals surface area contributed by atoms with Crippen molar-refractivity contribution < 1.29 is 14.3 Å². The molecule has 1 amide bonds. The molecule has 0 radical (unpaired) electrons. The average Bonchev–Trinajstić information content (AvgIpc) is 3.22. The summed E-state index contributed by atoms with van der Waals surface area (Å²) in [5, 5.41) is 7.59. The lowest BCUT2D eigenvalue weighted by atomic mass is 10.2. The summed E-state index contributed by atoms with van der Waals surface area (Å²) in [5.41, 5.74) is 2.08. The zero-order valence-electron chi connectivity index (χ0n) is 15.6. The number of nitrogens with one attached hydrogen (secondary N) is 1. The minimum absolute atomic E-state index is 0.204. The number of hydrogen-bond donors (Lipinski definition) is 1. The summed E-state index contributed by atoms with van der Waals surface area (Å²) in [4.78, 5) is 25.1. The van der Waals surface area contributed by atoms with Crippen molar-refractivity contribution in [1.82, 2.24) is 15.1 Å². The molecule has 0 unspecified atom stereocenters. The molecule has 142 valence electrons. The van der Waals surface area contributed by atoms with Crippen molar-refractivity contribution in [2.75, 3.05) is 0 Å². The van der Waals surface area contributed by atoms with E-state index in [2.05, 4.69) is 10.4 Å². The van der Waals surface area contributed by atoms with Gasteiger partial charge in [0.1, 0.15) is 0 Å². The molecule has 6 heteroatoms. The lowest BCUT2D eigenvalue weighted by Gasteiger charge is -2.17. The van der Waals surface area contributed by atoms with Crippen LogP contribution in [0.15, 0.2) is 36.4 Å². The summed E-state index contributed by atoms with van der Waals surface area (Å²) in [7, 11) is 0. The highest BCUT2D eigenvalue weighted by atomic mass is 16.5. The predicted molar refractivity (Wildman–Crippen MR) is 101 cm³/mol. The highest BCUT2D eigenvalue weighted by Crippen LogP contribution is 2.39. The summed E-state index contributed by atoms with van der Waals surface area (Å²) in [6.45, 7) is 1.62. The first-order chi connectivity index (χ1) is 13.1. The first-order valence-electron chi connectivity index (χ1n) is 9.78. The van der Waals surface area contributed by atoms with Gasteiger partial charge in [-0.15, -0.1) is 0 Å². The maximum absolute atomic E-state index is 12.8. The van der Waals surface area contributed by atoms with Crippen molar-refractivity contribution in [1.29, 1.82) is 0 Å².